The van der Waals surface area contributed by atoms with Crippen molar-refractivity contribution in [1.29, 1.82) is 0 Å². The average Bonchev–Trinajstić information content (AvgIpc) is 2.67. The van der Waals surface area contributed by atoms with Crippen LogP contribution in [0, 0.1) is 0 Å². The van der Waals surface area contributed by atoms with Gasteiger partial charge in [-0.1, -0.05) is 30.3 Å². The van der Waals surface area contributed by atoms with E-state index in [1.165, 1.54) is 50.4 Å². The third-order valence-corrected chi connectivity index (χ3v) is 5.76. The summed E-state index contributed by atoms with van der Waals surface area (Å²) in [5.41, 5.74) is 1.15. The Bertz CT molecular complexity index is 893. The Labute approximate surface area is 159 Å². The number of hydrogen-bond acceptors (Lipinski definition) is 5. The van der Waals surface area contributed by atoms with Crippen molar-refractivity contribution < 1.29 is 22.7 Å². The monoisotopic (exact) mass is 390 g/mol. The van der Waals surface area contributed by atoms with Gasteiger partial charge in [-0.3, -0.25) is 9.59 Å². The zero-order valence-electron chi connectivity index (χ0n) is 15.5. The number of hydrogen-bond donors (Lipinski definition) is 0. The van der Waals surface area contributed by atoms with Gasteiger partial charge >= 0.3 is 5.97 Å². The maximum atomic E-state index is 12.9. The summed E-state index contributed by atoms with van der Waals surface area (Å²) in [6.45, 7) is 0.0223. The van der Waals surface area contributed by atoms with Gasteiger partial charge in [0.15, 0.2) is 0 Å². The normalized spacial score (nSPS) is 11.3. The van der Waals surface area contributed by atoms with Crippen molar-refractivity contribution in [3.63, 3.8) is 0 Å². The Balaban J connectivity index is 2.27. The highest BCUT2D eigenvalue weighted by Crippen LogP contribution is 2.16. The highest BCUT2D eigenvalue weighted by Gasteiger charge is 2.22. The number of rotatable bonds is 7. The summed E-state index contributed by atoms with van der Waals surface area (Å²) >= 11 is 0. The summed E-state index contributed by atoms with van der Waals surface area (Å²) in [6.07, 6.45) is 0. The lowest BCUT2D eigenvalue weighted by atomic mass is 10.1. The van der Waals surface area contributed by atoms with Crippen LogP contribution in [0.25, 0.3) is 0 Å². The molecule has 8 heteroatoms. The first-order valence-corrected chi connectivity index (χ1v) is 9.62. The SMILES string of the molecule is COC(=O)CN(Cc1ccccc1)C(=O)c1ccc(S(=O)(=O)N(C)C)cc1. The van der Waals surface area contributed by atoms with Gasteiger partial charge in [0.05, 0.1) is 12.0 Å². The van der Waals surface area contributed by atoms with Crippen molar-refractivity contribution in [3.05, 3.63) is 65.7 Å². The zero-order valence-corrected chi connectivity index (χ0v) is 16.3. The molecular weight excluding hydrogens is 368 g/mol. The second kappa shape index (κ2) is 8.79. The highest BCUT2D eigenvalue weighted by molar-refractivity contribution is 7.89. The first-order chi connectivity index (χ1) is 12.8. The second-order valence-electron chi connectivity index (χ2n) is 6.03. The van der Waals surface area contributed by atoms with Gasteiger partial charge in [0.1, 0.15) is 6.54 Å². The number of methoxy groups -OCH3 is 1. The van der Waals surface area contributed by atoms with E-state index in [0.717, 1.165) is 9.87 Å². The van der Waals surface area contributed by atoms with Crippen LogP contribution >= 0.6 is 0 Å². The van der Waals surface area contributed by atoms with Crippen LogP contribution in [0.1, 0.15) is 15.9 Å². The summed E-state index contributed by atoms with van der Waals surface area (Å²) < 4.78 is 30.1. The first-order valence-electron chi connectivity index (χ1n) is 8.18. The van der Waals surface area contributed by atoms with Crippen LogP contribution < -0.4 is 0 Å². The Morgan fingerprint density at radius 2 is 1.56 bits per heavy atom. The molecule has 1 amide bonds. The zero-order chi connectivity index (χ0) is 20.0. The van der Waals surface area contributed by atoms with E-state index in [1.807, 2.05) is 30.3 Å². The van der Waals surface area contributed by atoms with Crippen molar-refractivity contribution >= 4 is 21.9 Å². The number of sulfonamides is 1. The molecule has 0 spiro atoms. The van der Waals surface area contributed by atoms with Gasteiger partial charge in [-0.25, -0.2) is 12.7 Å². The lowest BCUT2D eigenvalue weighted by molar-refractivity contribution is -0.141. The Hall–Kier alpha value is -2.71. The van der Waals surface area contributed by atoms with Crippen LogP contribution in [0.4, 0.5) is 0 Å². The Morgan fingerprint density at radius 1 is 0.963 bits per heavy atom. The Morgan fingerprint density at radius 3 is 2.07 bits per heavy atom. The maximum absolute atomic E-state index is 12.9. The van der Waals surface area contributed by atoms with Crippen molar-refractivity contribution in [3.8, 4) is 0 Å². The summed E-state index contributed by atoms with van der Waals surface area (Å²) in [5.74, 6) is -0.927. The van der Waals surface area contributed by atoms with E-state index in [-0.39, 0.29) is 23.5 Å². The van der Waals surface area contributed by atoms with Crippen LogP contribution in [0.15, 0.2) is 59.5 Å². The van der Waals surface area contributed by atoms with Gasteiger partial charge in [-0.15, -0.1) is 0 Å². The summed E-state index contributed by atoms with van der Waals surface area (Å²) in [5, 5.41) is 0. The first kappa shape index (κ1) is 20.6. The van der Waals surface area contributed by atoms with E-state index in [2.05, 4.69) is 4.74 Å². The molecule has 0 radical (unpaired) electrons. The highest BCUT2D eigenvalue weighted by atomic mass is 32.2. The molecule has 2 aromatic rings. The number of ether oxygens (including phenoxy) is 1. The molecule has 0 fully saturated rings. The fourth-order valence-electron chi connectivity index (χ4n) is 2.39. The number of carbonyl (C=O) groups excluding carboxylic acids is 2. The quantitative estimate of drug-likeness (QED) is 0.673. The molecule has 0 aliphatic rings. The lowest BCUT2D eigenvalue weighted by Crippen LogP contribution is -2.35. The van der Waals surface area contributed by atoms with Gasteiger partial charge in [0.2, 0.25) is 10.0 Å². The largest absolute Gasteiger partial charge is 0.468 e. The number of nitrogens with zero attached hydrogens (tertiary/aromatic N) is 2. The van der Waals surface area contributed by atoms with E-state index < -0.39 is 21.9 Å². The molecule has 2 rings (SSSR count). The molecule has 2 aromatic carbocycles. The van der Waals surface area contributed by atoms with E-state index in [0.29, 0.717) is 0 Å². The number of esters is 1. The van der Waals surface area contributed by atoms with Crippen LogP contribution in [-0.4, -0.2) is 57.2 Å². The average molecular weight is 390 g/mol. The molecule has 0 unspecified atom stereocenters. The third-order valence-electron chi connectivity index (χ3n) is 3.93. The molecular formula is C19H22N2O5S. The summed E-state index contributed by atoms with van der Waals surface area (Å²) in [6, 6.07) is 14.9. The predicted octanol–water partition coefficient (Wildman–Crippen LogP) is 1.75. The minimum absolute atomic E-state index is 0.0895. The fraction of sp³-hybridized carbons (Fsp3) is 0.263. The third kappa shape index (κ3) is 5.15. The maximum Gasteiger partial charge on any atom is 0.325 e. The van der Waals surface area contributed by atoms with E-state index in [9.17, 15) is 18.0 Å². The molecule has 27 heavy (non-hydrogen) atoms. The molecule has 7 nitrogen and oxygen atoms in total. The number of carbonyl (C=O) groups is 2. The van der Waals surface area contributed by atoms with Crippen molar-refractivity contribution in [2.24, 2.45) is 0 Å². The van der Waals surface area contributed by atoms with Crippen LogP contribution in [0.5, 0.6) is 0 Å². The smallest absolute Gasteiger partial charge is 0.325 e. The van der Waals surface area contributed by atoms with Crippen LogP contribution in [0.3, 0.4) is 0 Å². The van der Waals surface area contributed by atoms with Gasteiger partial charge in [-0.2, -0.15) is 0 Å². The molecule has 0 aromatic heterocycles. The van der Waals surface area contributed by atoms with Crippen molar-refractivity contribution in [2.75, 3.05) is 27.7 Å². The van der Waals surface area contributed by atoms with Gasteiger partial charge < -0.3 is 9.64 Å². The predicted molar refractivity (Wildman–Crippen MR) is 101 cm³/mol. The van der Waals surface area contributed by atoms with E-state index in [4.69, 9.17) is 0 Å². The van der Waals surface area contributed by atoms with Gasteiger partial charge in [0.25, 0.3) is 5.91 Å². The Kier molecular flexibility index (Phi) is 6.70. The van der Waals surface area contributed by atoms with Crippen molar-refractivity contribution in [1.82, 2.24) is 9.21 Å². The fourth-order valence-corrected chi connectivity index (χ4v) is 3.29. The molecule has 0 saturated carbocycles. The van der Waals surface area contributed by atoms with Gasteiger partial charge in [0, 0.05) is 26.2 Å². The number of amides is 1. The minimum Gasteiger partial charge on any atom is -0.468 e. The second-order valence-corrected chi connectivity index (χ2v) is 8.19. The summed E-state index contributed by atoms with van der Waals surface area (Å²) in [4.78, 5) is 26.0. The molecule has 0 atom stereocenters. The van der Waals surface area contributed by atoms with E-state index in [1.54, 1.807) is 0 Å². The van der Waals surface area contributed by atoms with Gasteiger partial charge in [-0.05, 0) is 29.8 Å². The molecule has 0 bridgehead atoms. The lowest BCUT2D eigenvalue weighted by Gasteiger charge is -2.22. The topological polar surface area (TPSA) is 84.0 Å². The molecule has 0 N–H and O–H groups in total. The molecule has 0 aliphatic heterocycles. The standard InChI is InChI=1S/C19H22N2O5S/c1-20(2)27(24,25)17-11-9-16(10-12-17)19(23)21(14-18(22)26-3)13-15-7-5-4-6-8-15/h4-12H,13-14H2,1-3H3. The van der Waals surface area contributed by atoms with E-state index >= 15 is 0 Å². The minimum atomic E-state index is -3.58. The molecule has 0 aliphatic carbocycles. The van der Waals surface area contributed by atoms with Crippen molar-refractivity contribution in [2.45, 2.75) is 11.4 Å². The molecule has 144 valence electrons. The summed E-state index contributed by atoms with van der Waals surface area (Å²) in [7, 11) is 0.555. The van der Waals surface area contributed by atoms with Crippen LogP contribution in [-0.2, 0) is 26.1 Å². The molecule has 0 heterocycles. The number of benzene rings is 2. The van der Waals surface area contributed by atoms with Crippen LogP contribution in [0.2, 0.25) is 0 Å². The molecule has 0 saturated heterocycles.